The van der Waals surface area contributed by atoms with Crippen molar-refractivity contribution >= 4 is 34.8 Å². The van der Waals surface area contributed by atoms with Gasteiger partial charge in [0.1, 0.15) is 5.75 Å². The van der Waals surface area contributed by atoms with Crippen LogP contribution < -0.4 is 0 Å². The maximum absolute atomic E-state index is 13.7. The molecule has 3 aromatic rings. The van der Waals surface area contributed by atoms with Crippen molar-refractivity contribution in [3.8, 4) is 5.75 Å². The van der Waals surface area contributed by atoms with Gasteiger partial charge in [-0.05, 0) is 96.0 Å². The zero-order valence-electron chi connectivity index (χ0n) is 24.8. The van der Waals surface area contributed by atoms with Crippen molar-refractivity contribution in [1.82, 2.24) is 4.90 Å². The average Bonchev–Trinajstić information content (AvgIpc) is 3.70. The minimum atomic E-state index is -0.327. The van der Waals surface area contributed by atoms with Gasteiger partial charge in [-0.15, -0.1) is 11.3 Å². The number of fused-ring (bicyclic) bond motifs is 3. The Morgan fingerprint density at radius 3 is 2.45 bits per heavy atom. The zero-order valence-corrected chi connectivity index (χ0v) is 25.6. The van der Waals surface area contributed by atoms with Gasteiger partial charge in [0.25, 0.3) is 0 Å². The number of ether oxygens (including phenoxy) is 1. The number of phenols is 1. The van der Waals surface area contributed by atoms with Gasteiger partial charge < -0.3 is 9.84 Å². The second-order valence-electron chi connectivity index (χ2n) is 12.3. The molecule has 2 amide bonds. The standard InChI is InChI=1S/C36H39NO4S/c1-21(2)28-18-29-33(36(40)37(35(29)39)19-27-11-8-14-42-27)30-20-41-31(32(28)30)13-12-26(25-9-6-5-7-10-25)17-24-15-22(3)34(38)23(4)16-24/h5-11,14-17,21,29-31,33,38H,12-13,18-20H2,1-4H3/b26-17-/t29-,30+,31-,33-/m1/s1. The number of aromatic hydroxyl groups is 1. The second kappa shape index (κ2) is 11.7. The van der Waals surface area contributed by atoms with Crippen LogP contribution in [0.15, 0.2) is 71.1 Å². The van der Waals surface area contributed by atoms with Crippen LogP contribution in [0.2, 0.25) is 0 Å². The number of carbonyl (C=O) groups is 2. The van der Waals surface area contributed by atoms with Crippen LogP contribution in [0, 0.1) is 37.5 Å². The van der Waals surface area contributed by atoms with Gasteiger partial charge in [-0.2, -0.15) is 0 Å². The first-order valence-corrected chi connectivity index (χ1v) is 15.9. The SMILES string of the molecule is Cc1cc(/C=C(/CC[C@H]2OC[C@H]3C2=C(C(C)C)C[C@H]2C(=O)N(Cc4cccs4)C(=O)[C@H]23)c2ccccc2)cc(C)c1O. The zero-order chi connectivity index (χ0) is 29.5. The molecule has 4 atom stereocenters. The number of nitrogens with zero attached hydrogens (tertiary/aromatic N) is 1. The van der Waals surface area contributed by atoms with Crippen molar-refractivity contribution in [3.63, 3.8) is 0 Å². The number of imide groups is 1. The number of aryl methyl sites for hydroxylation is 2. The van der Waals surface area contributed by atoms with E-state index in [4.69, 9.17) is 4.74 Å². The summed E-state index contributed by atoms with van der Waals surface area (Å²) in [5.74, 6) is -0.0737. The fourth-order valence-corrected chi connectivity index (χ4v) is 7.94. The third-order valence-electron chi connectivity index (χ3n) is 9.30. The number of likely N-dealkylation sites (tertiary alicyclic amines) is 1. The number of allylic oxidation sites excluding steroid dienone is 2. The first kappa shape index (κ1) is 28.6. The minimum absolute atomic E-state index is 0.0205. The molecular weight excluding hydrogens is 542 g/mol. The molecule has 3 aliphatic rings. The average molecular weight is 582 g/mol. The van der Waals surface area contributed by atoms with Crippen molar-refractivity contribution in [2.45, 2.75) is 59.6 Å². The largest absolute Gasteiger partial charge is 0.507 e. The molecule has 6 rings (SSSR count). The lowest BCUT2D eigenvalue weighted by molar-refractivity contribution is -0.140. The van der Waals surface area contributed by atoms with Crippen molar-refractivity contribution in [2.75, 3.05) is 6.61 Å². The quantitative estimate of drug-likeness (QED) is 0.169. The Bertz CT molecular complexity index is 1530. The summed E-state index contributed by atoms with van der Waals surface area (Å²) in [7, 11) is 0. The van der Waals surface area contributed by atoms with E-state index in [0.29, 0.717) is 25.3 Å². The number of phenolic OH excluding ortho intramolecular Hbond substituents is 1. The Hall–Kier alpha value is -3.48. The highest BCUT2D eigenvalue weighted by Crippen LogP contribution is 2.51. The molecule has 0 spiro atoms. The summed E-state index contributed by atoms with van der Waals surface area (Å²) in [5.41, 5.74) is 7.74. The van der Waals surface area contributed by atoms with Gasteiger partial charge in [-0.25, -0.2) is 0 Å². The van der Waals surface area contributed by atoms with E-state index in [0.717, 1.165) is 40.0 Å². The van der Waals surface area contributed by atoms with Gasteiger partial charge in [0, 0.05) is 10.8 Å². The predicted octanol–water partition coefficient (Wildman–Crippen LogP) is 7.56. The van der Waals surface area contributed by atoms with Crippen LogP contribution in [-0.4, -0.2) is 34.5 Å². The van der Waals surface area contributed by atoms with Crippen LogP contribution in [0.3, 0.4) is 0 Å². The molecule has 1 aromatic heterocycles. The van der Waals surface area contributed by atoms with Crippen LogP contribution in [0.4, 0.5) is 0 Å². The van der Waals surface area contributed by atoms with E-state index < -0.39 is 0 Å². The lowest BCUT2D eigenvalue weighted by atomic mass is 9.67. The topological polar surface area (TPSA) is 66.8 Å². The highest BCUT2D eigenvalue weighted by Gasteiger charge is 2.57. The van der Waals surface area contributed by atoms with Crippen LogP contribution in [-0.2, 0) is 20.9 Å². The van der Waals surface area contributed by atoms with Crippen LogP contribution >= 0.6 is 11.3 Å². The number of rotatable bonds is 8. The molecule has 0 saturated carbocycles. The predicted molar refractivity (Wildman–Crippen MR) is 168 cm³/mol. The summed E-state index contributed by atoms with van der Waals surface area (Å²) in [6, 6.07) is 18.4. The summed E-state index contributed by atoms with van der Waals surface area (Å²) in [6.45, 7) is 9.12. The molecule has 218 valence electrons. The van der Waals surface area contributed by atoms with Gasteiger partial charge >= 0.3 is 0 Å². The van der Waals surface area contributed by atoms with E-state index in [2.05, 4.69) is 44.2 Å². The molecule has 0 bridgehead atoms. The molecule has 1 aliphatic carbocycles. The first-order valence-electron chi connectivity index (χ1n) is 15.0. The monoisotopic (exact) mass is 581 g/mol. The summed E-state index contributed by atoms with van der Waals surface area (Å²) in [5, 5.41) is 12.3. The highest BCUT2D eigenvalue weighted by molar-refractivity contribution is 7.09. The van der Waals surface area contributed by atoms with Gasteiger partial charge in [0.05, 0.1) is 31.1 Å². The summed E-state index contributed by atoms with van der Waals surface area (Å²) >= 11 is 1.58. The molecule has 0 radical (unpaired) electrons. The Morgan fingerprint density at radius 1 is 1.05 bits per heavy atom. The molecule has 42 heavy (non-hydrogen) atoms. The maximum atomic E-state index is 13.7. The van der Waals surface area contributed by atoms with Crippen LogP contribution in [0.25, 0.3) is 11.6 Å². The van der Waals surface area contributed by atoms with E-state index in [1.54, 1.807) is 11.3 Å². The van der Waals surface area contributed by atoms with Crippen molar-refractivity contribution < 1.29 is 19.4 Å². The smallest absolute Gasteiger partial charge is 0.234 e. The van der Waals surface area contributed by atoms with Crippen molar-refractivity contribution in [3.05, 3.63) is 98.3 Å². The van der Waals surface area contributed by atoms with Gasteiger partial charge in [0.2, 0.25) is 11.8 Å². The molecule has 2 aliphatic heterocycles. The van der Waals surface area contributed by atoms with Crippen molar-refractivity contribution in [1.29, 1.82) is 0 Å². The molecule has 5 nitrogen and oxygen atoms in total. The normalized spacial score (nSPS) is 24.1. The fourth-order valence-electron chi connectivity index (χ4n) is 7.25. The summed E-state index contributed by atoms with van der Waals surface area (Å²) in [4.78, 5) is 29.8. The third kappa shape index (κ3) is 5.27. The van der Waals surface area contributed by atoms with E-state index in [-0.39, 0.29) is 41.6 Å². The van der Waals surface area contributed by atoms with Gasteiger partial charge in [-0.3, -0.25) is 14.5 Å². The molecule has 6 heteroatoms. The minimum Gasteiger partial charge on any atom is -0.507 e. The lowest BCUT2D eigenvalue weighted by Crippen LogP contribution is -2.35. The van der Waals surface area contributed by atoms with Crippen LogP contribution in [0.1, 0.15) is 60.2 Å². The lowest BCUT2D eigenvalue weighted by Gasteiger charge is -2.33. The molecule has 2 aromatic carbocycles. The highest BCUT2D eigenvalue weighted by atomic mass is 32.1. The number of hydrogen-bond acceptors (Lipinski definition) is 5. The Labute approximate surface area is 252 Å². The molecular formula is C36H39NO4S. The fraction of sp³-hybridized carbons (Fsp3) is 0.389. The number of amides is 2. The molecule has 2 saturated heterocycles. The number of hydrogen-bond donors (Lipinski definition) is 1. The third-order valence-corrected chi connectivity index (χ3v) is 10.2. The van der Waals surface area contributed by atoms with E-state index >= 15 is 0 Å². The van der Waals surface area contributed by atoms with E-state index in [1.807, 2.05) is 49.6 Å². The molecule has 3 heterocycles. The van der Waals surface area contributed by atoms with Crippen molar-refractivity contribution in [2.24, 2.45) is 23.7 Å². The second-order valence-corrected chi connectivity index (χ2v) is 13.4. The Kier molecular flexibility index (Phi) is 7.95. The number of thiophene rings is 1. The first-order chi connectivity index (χ1) is 20.2. The van der Waals surface area contributed by atoms with Crippen LogP contribution in [0.5, 0.6) is 5.75 Å². The summed E-state index contributed by atoms with van der Waals surface area (Å²) < 4.78 is 6.51. The Morgan fingerprint density at radius 2 is 1.79 bits per heavy atom. The molecule has 1 N–H and O–H groups in total. The number of benzene rings is 2. The summed E-state index contributed by atoms with van der Waals surface area (Å²) in [6.07, 6.45) is 4.40. The molecule has 2 fully saturated rings. The molecule has 0 unspecified atom stereocenters. The van der Waals surface area contributed by atoms with Gasteiger partial charge in [0.15, 0.2) is 0 Å². The van der Waals surface area contributed by atoms with Gasteiger partial charge in [-0.1, -0.05) is 61.9 Å². The maximum Gasteiger partial charge on any atom is 0.234 e. The van der Waals surface area contributed by atoms with E-state index in [9.17, 15) is 14.7 Å². The number of carbonyl (C=O) groups excluding carboxylic acids is 2. The van der Waals surface area contributed by atoms with E-state index in [1.165, 1.54) is 21.6 Å². The Balaban J connectivity index is 1.28.